The van der Waals surface area contributed by atoms with Gasteiger partial charge in [0.1, 0.15) is 0 Å². The maximum atomic E-state index is 8.11. The van der Waals surface area contributed by atoms with Gasteiger partial charge in [-0.3, -0.25) is 5.26 Å². The summed E-state index contributed by atoms with van der Waals surface area (Å²) in [6.07, 6.45) is 14.6. The van der Waals surface area contributed by atoms with E-state index < -0.39 is 0 Å². The Balaban J connectivity index is 0. The molecule has 0 heterocycles. The minimum Gasteiger partial charge on any atom is -0.344 e. The van der Waals surface area contributed by atoms with Crippen LogP contribution in [0.5, 0.6) is 0 Å². The lowest BCUT2D eigenvalue weighted by molar-refractivity contribution is -0.242. The van der Waals surface area contributed by atoms with Crippen LogP contribution in [0.15, 0.2) is 0 Å². The molecule has 3 nitrogen and oxygen atoms in total. The molecule has 0 fully saturated rings. The van der Waals surface area contributed by atoms with Gasteiger partial charge in [-0.1, -0.05) is 71.1 Å². The molecule has 0 radical (unpaired) electrons. The highest BCUT2D eigenvalue weighted by molar-refractivity contribution is 4.47. The Hall–Kier alpha value is -0.120. The van der Waals surface area contributed by atoms with Crippen molar-refractivity contribution in [2.24, 2.45) is 0 Å². The summed E-state index contributed by atoms with van der Waals surface area (Å²) in [6, 6.07) is 0. The third kappa shape index (κ3) is 16.3. The fourth-order valence-electron chi connectivity index (χ4n) is 1.83. The topological polar surface area (TPSA) is 64.5 Å². The minimum atomic E-state index is 0. The molecule has 0 aliphatic carbocycles. The zero-order valence-electron chi connectivity index (χ0n) is 11.0. The third-order valence-corrected chi connectivity index (χ3v) is 2.84. The molecule has 4 N–H and O–H groups in total. The molecule has 0 aliphatic rings. The molecule has 0 unspecified atom stereocenters. The SMILES string of the molecule is CCCCCCCCCCCCCOO.N. The first kappa shape index (κ1) is 18.3. The van der Waals surface area contributed by atoms with Gasteiger partial charge >= 0.3 is 0 Å². The fraction of sp³-hybridized carbons (Fsp3) is 1.00. The second-order valence-electron chi connectivity index (χ2n) is 4.37. The molecule has 0 saturated heterocycles. The Bertz CT molecular complexity index is 98.1. The second kappa shape index (κ2) is 17.3. The zero-order chi connectivity index (χ0) is 11.2. The first-order valence-electron chi connectivity index (χ1n) is 6.68. The normalized spacial score (nSPS) is 10.1. The second-order valence-corrected chi connectivity index (χ2v) is 4.37. The number of hydrogen-bond donors (Lipinski definition) is 2. The van der Waals surface area contributed by atoms with Gasteiger partial charge in [0, 0.05) is 0 Å². The van der Waals surface area contributed by atoms with Crippen LogP contribution in [-0.4, -0.2) is 11.9 Å². The smallest absolute Gasteiger partial charge is 0.0819 e. The maximum Gasteiger partial charge on any atom is 0.0819 e. The molecule has 0 saturated carbocycles. The lowest BCUT2D eigenvalue weighted by Crippen LogP contribution is -1.88. The molecule has 100 valence electrons. The van der Waals surface area contributed by atoms with Crippen LogP contribution in [0.2, 0.25) is 0 Å². The molecule has 0 spiro atoms. The van der Waals surface area contributed by atoms with Gasteiger partial charge in [0.25, 0.3) is 0 Å². The van der Waals surface area contributed by atoms with Crippen molar-refractivity contribution in [1.82, 2.24) is 6.15 Å². The molecule has 16 heavy (non-hydrogen) atoms. The fourth-order valence-corrected chi connectivity index (χ4v) is 1.83. The van der Waals surface area contributed by atoms with Gasteiger partial charge in [0.05, 0.1) is 6.61 Å². The first-order chi connectivity index (χ1) is 7.41. The quantitative estimate of drug-likeness (QED) is 0.285. The Morgan fingerprint density at radius 3 is 1.44 bits per heavy atom. The summed E-state index contributed by atoms with van der Waals surface area (Å²) in [6.45, 7) is 2.76. The number of rotatable bonds is 12. The average Bonchev–Trinajstić information content (AvgIpc) is 2.26. The highest BCUT2D eigenvalue weighted by Crippen LogP contribution is 2.10. The Morgan fingerprint density at radius 1 is 0.688 bits per heavy atom. The van der Waals surface area contributed by atoms with E-state index in [4.69, 9.17) is 5.26 Å². The van der Waals surface area contributed by atoms with E-state index in [1.54, 1.807) is 0 Å². The number of hydrogen-bond acceptors (Lipinski definition) is 3. The Morgan fingerprint density at radius 2 is 1.06 bits per heavy atom. The van der Waals surface area contributed by atoms with Gasteiger partial charge in [0.15, 0.2) is 0 Å². The highest BCUT2D eigenvalue weighted by atomic mass is 17.1. The van der Waals surface area contributed by atoms with Gasteiger partial charge in [-0.15, -0.1) is 0 Å². The molecular weight excluding hydrogens is 202 g/mol. The lowest BCUT2D eigenvalue weighted by Gasteiger charge is -2.01. The van der Waals surface area contributed by atoms with Crippen molar-refractivity contribution >= 4 is 0 Å². The standard InChI is InChI=1S/C13H28O2.H3N/c1-2-3-4-5-6-7-8-9-10-11-12-13-15-14;/h14H,2-13H2,1H3;1H3. The molecule has 0 bridgehead atoms. The van der Waals surface area contributed by atoms with Gasteiger partial charge in [-0.25, -0.2) is 4.89 Å². The molecule has 0 atom stereocenters. The van der Waals surface area contributed by atoms with Crippen LogP contribution in [0.3, 0.4) is 0 Å². The first-order valence-corrected chi connectivity index (χ1v) is 6.68. The van der Waals surface area contributed by atoms with Crippen LogP contribution in [0.4, 0.5) is 0 Å². The summed E-state index contributed by atoms with van der Waals surface area (Å²) >= 11 is 0. The van der Waals surface area contributed by atoms with Crippen molar-refractivity contribution in [2.75, 3.05) is 6.61 Å². The largest absolute Gasteiger partial charge is 0.344 e. The summed E-state index contributed by atoms with van der Waals surface area (Å²) < 4.78 is 0. The van der Waals surface area contributed by atoms with Crippen molar-refractivity contribution in [1.29, 1.82) is 0 Å². The van der Waals surface area contributed by atoms with Crippen molar-refractivity contribution in [2.45, 2.75) is 77.6 Å². The van der Waals surface area contributed by atoms with Crippen molar-refractivity contribution in [3.8, 4) is 0 Å². The highest BCUT2D eigenvalue weighted by Gasteiger charge is 1.92. The summed E-state index contributed by atoms with van der Waals surface area (Å²) in [5.74, 6) is 0. The van der Waals surface area contributed by atoms with Crippen LogP contribution < -0.4 is 6.15 Å². The van der Waals surface area contributed by atoms with Gasteiger partial charge in [0.2, 0.25) is 0 Å². The molecule has 0 aromatic rings. The van der Waals surface area contributed by atoms with E-state index in [0.29, 0.717) is 6.61 Å². The van der Waals surface area contributed by atoms with Crippen molar-refractivity contribution < 1.29 is 10.1 Å². The van der Waals surface area contributed by atoms with E-state index in [9.17, 15) is 0 Å². The third-order valence-electron chi connectivity index (χ3n) is 2.84. The molecule has 0 amide bonds. The minimum absolute atomic E-state index is 0. The predicted octanol–water partition coefficient (Wildman–Crippen LogP) is 4.95. The van der Waals surface area contributed by atoms with Crippen molar-refractivity contribution in [3.05, 3.63) is 0 Å². The molecule has 0 aromatic carbocycles. The van der Waals surface area contributed by atoms with E-state index in [1.807, 2.05) is 0 Å². The maximum absolute atomic E-state index is 8.11. The zero-order valence-corrected chi connectivity index (χ0v) is 11.0. The van der Waals surface area contributed by atoms with Crippen LogP contribution in [0.25, 0.3) is 0 Å². The van der Waals surface area contributed by atoms with Gasteiger partial charge < -0.3 is 6.15 Å². The predicted molar refractivity (Wildman–Crippen MR) is 70.1 cm³/mol. The van der Waals surface area contributed by atoms with E-state index in [0.717, 1.165) is 6.42 Å². The van der Waals surface area contributed by atoms with Crippen molar-refractivity contribution in [3.63, 3.8) is 0 Å². The summed E-state index contributed by atoms with van der Waals surface area (Å²) in [7, 11) is 0. The monoisotopic (exact) mass is 233 g/mol. The Kier molecular flexibility index (Phi) is 19.7. The van der Waals surface area contributed by atoms with E-state index in [-0.39, 0.29) is 6.15 Å². The number of unbranched alkanes of at least 4 members (excludes halogenated alkanes) is 10. The van der Waals surface area contributed by atoms with Crippen LogP contribution in [0, 0.1) is 0 Å². The van der Waals surface area contributed by atoms with Gasteiger partial charge in [-0.2, -0.15) is 0 Å². The molecule has 0 aliphatic heterocycles. The summed E-state index contributed by atoms with van der Waals surface area (Å²) in [4.78, 5) is 4.02. The van der Waals surface area contributed by atoms with Crippen LogP contribution in [0.1, 0.15) is 77.6 Å². The molecule has 3 heteroatoms. The Labute approximate surface area is 101 Å². The van der Waals surface area contributed by atoms with E-state index in [1.165, 1.54) is 64.2 Å². The molecule has 0 rings (SSSR count). The van der Waals surface area contributed by atoms with Gasteiger partial charge in [-0.05, 0) is 6.42 Å². The van der Waals surface area contributed by atoms with Crippen LogP contribution >= 0.6 is 0 Å². The molecular formula is C13H31NO2. The van der Waals surface area contributed by atoms with E-state index >= 15 is 0 Å². The summed E-state index contributed by atoms with van der Waals surface area (Å²) in [5, 5.41) is 8.11. The summed E-state index contributed by atoms with van der Waals surface area (Å²) in [5.41, 5.74) is 0. The molecule has 0 aromatic heterocycles. The average molecular weight is 233 g/mol. The lowest BCUT2D eigenvalue weighted by atomic mass is 10.1. The van der Waals surface area contributed by atoms with E-state index in [2.05, 4.69) is 11.8 Å². The van der Waals surface area contributed by atoms with Crippen LogP contribution in [-0.2, 0) is 4.89 Å².